The number of phenolic OH excluding ortho intramolecular Hbond substituents is 2. The number of rotatable bonds is 2. The van der Waals surface area contributed by atoms with Gasteiger partial charge >= 0.3 is 11.6 Å². The van der Waals surface area contributed by atoms with Gasteiger partial charge in [-0.3, -0.25) is 9.59 Å². The lowest BCUT2D eigenvalue weighted by molar-refractivity contribution is -0.112. The number of aryl methyl sites for hydroxylation is 1. The van der Waals surface area contributed by atoms with Crippen LogP contribution in [0.4, 0.5) is 0 Å². The van der Waals surface area contributed by atoms with Crippen LogP contribution in [0.25, 0.3) is 10.8 Å². The topological polar surface area (TPSA) is 159 Å². The number of allylic oxidation sites excluding steroid dienone is 2. The second kappa shape index (κ2) is 7.60. The van der Waals surface area contributed by atoms with Crippen LogP contribution in [0.5, 0.6) is 23.0 Å². The largest absolute Gasteiger partial charge is 0.507 e. The SMILES string of the molecule is COC(=O)c1cc2cc3c(c(O)c2c(=O)o1)O[C@@]1(CC3)Cc2c(cc3c(c2O)C(=O)C=C(OC)C3=O)O1. The summed E-state index contributed by atoms with van der Waals surface area (Å²) < 4.78 is 26.8. The van der Waals surface area contributed by atoms with Crippen LogP contribution in [0.2, 0.25) is 0 Å². The number of phenols is 2. The third-order valence-corrected chi connectivity index (χ3v) is 6.81. The Morgan fingerprint density at radius 3 is 2.57 bits per heavy atom. The van der Waals surface area contributed by atoms with Gasteiger partial charge in [0.25, 0.3) is 5.79 Å². The van der Waals surface area contributed by atoms with Crippen LogP contribution in [-0.4, -0.2) is 47.8 Å². The van der Waals surface area contributed by atoms with E-state index in [-0.39, 0.29) is 69.1 Å². The fourth-order valence-electron chi connectivity index (χ4n) is 5.06. The summed E-state index contributed by atoms with van der Waals surface area (Å²) in [4.78, 5) is 49.7. The highest BCUT2D eigenvalue weighted by Crippen LogP contribution is 2.51. The Morgan fingerprint density at radius 2 is 1.84 bits per heavy atom. The minimum atomic E-state index is -1.38. The molecule has 1 atom stereocenters. The van der Waals surface area contributed by atoms with Crippen molar-refractivity contribution in [1.82, 2.24) is 0 Å². The lowest BCUT2D eigenvalue weighted by Crippen LogP contribution is -2.44. The van der Waals surface area contributed by atoms with Crippen molar-refractivity contribution in [2.24, 2.45) is 0 Å². The van der Waals surface area contributed by atoms with Gasteiger partial charge in [-0.05, 0) is 35.6 Å². The van der Waals surface area contributed by atoms with Crippen LogP contribution in [0.3, 0.4) is 0 Å². The fourth-order valence-corrected chi connectivity index (χ4v) is 5.06. The lowest BCUT2D eigenvalue weighted by Gasteiger charge is -2.35. The second-order valence-corrected chi connectivity index (χ2v) is 8.89. The highest BCUT2D eigenvalue weighted by Gasteiger charge is 2.48. The zero-order valence-electron chi connectivity index (χ0n) is 19.5. The molecule has 3 aliphatic rings. The number of aromatic hydroxyl groups is 2. The molecule has 0 radical (unpaired) electrons. The van der Waals surface area contributed by atoms with Crippen molar-refractivity contribution in [2.45, 2.75) is 25.0 Å². The first-order chi connectivity index (χ1) is 17.7. The molecule has 2 N–H and O–H groups in total. The van der Waals surface area contributed by atoms with Gasteiger partial charge in [-0.1, -0.05) is 0 Å². The molecule has 0 fully saturated rings. The third kappa shape index (κ3) is 3.13. The molecule has 1 aliphatic carbocycles. The number of methoxy groups -OCH3 is 2. The molecule has 0 unspecified atom stereocenters. The molecule has 3 heterocycles. The normalized spacial score (nSPS) is 19.5. The van der Waals surface area contributed by atoms with Gasteiger partial charge in [0.05, 0.1) is 26.2 Å². The molecule has 1 spiro atoms. The van der Waals surface area contributed by atoms with E-state index >= 15 is 0 Å². The Morgan fingerprint density at radius 1 is 1.05 bits per heavy atom. The highest BCUT2D eigenvalue weighted by molar-refractivity contribution is 6.25. The third-order valence-electron chi connectivity index (χ3n) is 6.81. The molecular formula is C26H18O11. The van der Waals surface area contributed by atoms with Gasteiger partial charge in [0.15, 0.2) is 23.0 Å². The second-order valence-electron chi connectivity index (χ2n) is 8.89. The fraction of sp³-hybridized carbons (Fsp3) is 0.231. The van der Waals surface area contributed by atoms with Crippen molar-refractivity contribution >= 4 is 28.3 Å². The molecule has 3 aromatic rings. The molecular weight excluding hydrogens is 488 g/mol. The van der Waals surface area contributed by atoms with E-state index in [2.05, 4.69) is 4.74 Å². The lowest BCUT2D eigenvalue weighted by atomic mass is 9.88. The van der Waals surface area contributed by atoms with E-state index in [1.54, 1.807) is 6.07 Å². The minimum absolute atomic E-state index is 0.00980. The van der Waals surface area contributed by atoms with Crippen molar-refractivity contribution in [1.29, 1.82) is 0 Å². The summed E-state index contributed by atoms with van der Waals surface area (Å²) in [5.74, 6) is -4.56. The maximum Gasteiger partial charge on any atom is 0.374 e. The molecule has 0 amide bonds. The molecule has 0 saturated carbocycles. The summed E-state index contributed by atoms with van der Waals surface area (Å²) in [6.45, 7) is 0. The molecule has 11 heteroatoms. The van der Waals surface area contributed by atoms with Gasteiger partial charge in [-0.2, -0.15) is 0 Å². The summed E-state index contributed by atoms with van der Waals surface area (Å²) in [6, 6.07) is 4.27. The Labute approximate surface area is 207 Å². The molecule has 11 nitrogen and oxygen atoms in total. The van der Waals surface area contributed by atoms with E-state index < -0.39 is 34.7 Å². The number of fused-ring (bicyclic) bond motifs is 4. The standard InChI is InChI=1S/C26H18O11/c1-33-16-8-14(27)19-12(20(16)28)7-15-13(21(19)29)9-26(36-15)4-3-10-5-11-6-17(24(31)34-2)35-25(32)18(11)22(30)23(10)37-26/h5-8,29-30H,3-4,9H2,1-2H3/t26-/m0/s1. The van der Waals surface area contributed by atoms with Crippen molar-refractivity contribution in [3.8, 4) is 23.0 Å². The van der Waals surface area contributed by atoms with Crippen molar-refractivity contribution in [2.75, 3.05) is 14.2 Å². The molecule has 6 rings (SSSR count). The number of hydrogen-bond donors (Lipinski definition) is 2. The predicted molar refractivity (Wildman–Crippen MR) is 123 cm³/mol. The molecule has 188 valence electrons. The predicted octanol–water partition coefficient (Wildman–Crippen LogP) is 2.56. The Kier molecular flexibility index (Phi) is 4.65. The number of benzene rings is 2. The number of hydrogen-bond acceptors (Lipinski definition) is 11. The first-order valence-electron chi connectivity index (χ1n) is 11.2. The number of ether oxygens (including phenoxy) is 4. The van der Waals surface area contributed by atoms with Crippen LogP contribution < -0.4 is 15.1 Å². The maximum absolute atomic E-state index is 12.7. The van der Waals surface area contributed by atoms with E-state index in [0.29, 0.717) is 12.0 Å². The molecule has 2 aromatic carbocycles. The van der Waals surface area contributed by atoms with Gasteiger partial charge in [-0.25, -0.2) is 9.59 Å². The number of ketones is 2. The number of carbonyl (C=O) groups excluding carboxylic acids is 3. The molecule has 0 bridgehead atoms. The van der Waals surface area contributed by atoms with E-state index in [0.717, 1.165) is 13.2 Å². The quantitative estimate of drug-likeness (QED) is 0.492. The van der Waals surface area contributed by atoms with Gasteiger partial charge in [0, 0.05) is 23.6 Å². The smallest absolute Gasteiger partial charge is 0.374 e. The zero-order valence-corrected chi connectivity index (χ0v) is 19.5. The Bertz CT molecular complexity index is 1680. The summed E-state index contributed by atoms with van der Waals surface area (Å²) in [5.41, 5.74) is -0.323. The van der Waals surface area contributed by atoms with Crippen molar-refractivity contribution in [3.05, 3.63) is 68.5 Å². The summed E-state index contributed by atoms with van der Waals surface area (Å²) in [7, 11) is 2.41. The average molecular weight is 506 g/mol. The van der Waals surface area contributed by atoms with Crippen LogP contribution in [-0.2, 0) is 22.3 Å². The Balaban J connectivity index is 1.41. The van der Waals surface area contributed by atoms with E-state index in [1.807, 2.05) is 0 Å². The molecule has 2 aliphatic heterocycles. The number of esters is 1. The van der Waals surface area contributed by atoms with Crippen molar-refractivity contribution < 1.29 is 48.0 Å². The van der Waals surface area contributed by atoms with Crippen LogP contribution in [0.1, 0.15) is 48.8 Å². The number of Topliss-reactive ketones (excluding diaryl/α,β-unsaturated/α-hetero) is 1. The zero-order chi connectivity index (χ0) is 26.2. The van der Waals surface area contributed by atoms with Crippen LogP contribution in [0.15, 0.2) is 39.2 Å². The molecule has 1 aromatic heterocycles. The van der Waals surface area contributed by atoms with Crippen LogP contribution >= 0.6 is 0 Å². The monoisotopic (exact) mass is 506 g/mol. The summed E-state index contributed by atoms with van der Waals surface area (Å²) in [6.07, 6.45) is 1.65. The van der Waals surface area contributed by atoms with Gasteiger partial charge in [0.2, 0.25) is 11.5 Å². The van der Waals surface area contributed by atoms with E-state index in [9.17, 15) is 29.4 Å². The first kappa shape index (κ1) is 22.7. The molecule has 0 saturated heterocycles. The summed E-state index contributed by atoms with van der Waals surface area (Å²) in [5, 5.41) is 22.0. The highest BCUT2D eigenvalue weighted by atomic mass is 16.7. The van der Waals surface area contributed by atoms with Gasteiger partial charge in [-0.15, -0.1) is 0 Å². The van der Waals surface area contributed by atoms with Crippen LogP contribution in [0, 0.1) is 0 Å². The number of carbonyl (C=O) groups is 3. The maximum atomic E-state index is 12.7. The minimum Gasteiger partial charge on any atom is -0.507 e. The Hall–Kier alpha value is -4.80. The first-order valence-corrected chi connectivity index (χ1v) is 11.2. The van der Waals surface area contributed by atoms with Crippen molar-refractivity contribution in [3.63, 3.8) is 0 Å². The molecule has 37 heavy (non-hydrogen) atoms. The summed E-state index contributed by atoms with van der Waals surface area (Å²) >= 11 is 0. The average Bonchev–Trinajstić information content (AvgIpc) is 3.23. The van der Waals surface area contributed by atoms with Gasteiger partial charge < -0.3 is 33.6 Å². The van der Waals surface area contributed by atoms with E-state index in [1.165, 1.54) is 19.2 Å². The van der Waals surface area contributed by atoms with Gasteiger partial charge in [0.1, 0.15) is 16.9 Å². The van der Waals surface area contributed by atoms with E-state index in [4.69, 9.17) is 18.6 Å².